The lowest BCUT2D eigenvalue weighted by Crippen LogP contribution is -2.44. The molecule has 0 saturated carbocycles. The average molecular weight is 499 g/mol. The van der Waals surface area contributed by atoms with E-state index in [1.807, 2.05) is 0 Å². The van der Waals surface area contributed by atoms with Crippen molar-refractivity contribution in [2.24, 2.45) is 0 Å². The SMILES string of the molecule is Cc1[nH]c(C=C2C(=O)Nc3ccc(F)cc32)c(C)c1C(=O)N[C@H](CCC(=O)N1CCOCC1)C(=O)O. The topological polar surface area (TPSA) is 141 Å². The second-order valence-electron chi connectivity index (χ2n) is 8.76. The number of nitrogens with one attached hydrogen (secondary N) is 3. The number of rotatable bonds is 7. The van der Waals surface area contributed by atoms with E-state index in [0.717, 1.165) is 0 Å². The fourth-order valence-corrected chi connectivity index (χ4v) is 4.43. The van der Waals surface area contributed by atoms with Crippen LogP contribution in [-0.4, -0.2) is 71.0 Å². The van der Waals surface area contributed by atoms with Crippen LogP contribution in [0.5, 0.6) is 0 Å². The molecule has 0 spiro atoms. The molecule has 2 aliphatic rings. The van der Waals surface area contributed by atoms with Gasteiger partial charge in [0.2, 0.25) is 5.91 Å². The molecular formula is C25H27FN4O6. The minimum atomic E-state index is -1.26. The minimum Gasteiger partial charge on any atom is -0.480 e. The largest absolute Gasteiger partial charge is 0.480 e. The monoisotopic (exact) mass is 498 g/mol. The molecule has 3 heterocycles. The predicted molar refractivity (Wildman–Crippen MR) is 129 cm³/mol. The lowest BCUT2D eigenvalue weighted by Gasteiger charge is -2.27. The van der Waals surface area contributed by atoms with E-state index in [4.69, 9.17) is 4.74 Å². The number of ether oxygens (including phenoxy) is 1. The Balaban J connectivity index is 1.50. The Hall–Kier alpha value is -3.99. The van der Waals surface area contributed by atoms with Gasteiger partial charge in [-0.25, -0.2) is 9.18 Å². The highest BCUT2D eigenvalue weighted by Gasteiger charge is 2.28. The number of H-pyrrole nitrogens is 1. The third-order valence-electron chi connectivity index (χ3n) is 6.37. The quantitative estimate of drug-likeness (QED) is 0.431. The number of amides is 3. The first-order valence-corrected chi connectivity index (χ1v) is 11.6. The Morgan fingerprint density at radius 2 is 1.97 bits per heavy atom. The van der Waals surface area contributed by atoms with Crippen molar-refractivity contribution in [1.82, 2.24) is 15.2 Å². The van der Waals surface area contributed by atoms with E-state index >= 15 is 0 Å². The molecule has 1 fully saturated rings. The zero-order chi connectivity index (χ0) is 26.0. The summed E-state index contributed by atoms with van der Waals surface area (Å²) in [5, 5.41) is 14.8. The van der Waals surface area contributed by atoms with Crippen LogP contribution in [-0.2, 0) is 19.1 Å². The second-order valence-corrected chi connectivity index (χ2v) is 8.76. The molecule has 0 bridgehead atoms. The summed E-state index contributed by atoms with van der Waals surface area (Å²) >= 11 is 0. The highest BCUT2D eigenvalue weighted by molar-refractivity contribution is 6.34. The number of carboxylic acids is 1. The summed E-state index contributed by atoms with van der Waals surface area (Å²) in [5.41, 5.74) is 2.83. The van der Waals surface area contributed by atoms with Crippen LogP contribution in [0.15, 0.2) is 18.2 Å². The molecule has 2 aromatic rings. The van der Waals surface area contributed by atoms with Crippen molar-refractivity contribution in [3.63, 3.8) is 0 Å². The number of hydrogen-bond donors (Lipinski definition) is 4. The van der Waals surface area contributed by atoms with Gasteiger partial charge < -0.3 is 30.4 Å². The van der Waals surface area contributed by atoms with Crippen LogP contribution < -0.4 is 10.6 Å². The molecule has 1 atom stereocenters. The van der Waals surface area contributed by atoms with Gasteiger partial charge in [-0.2, -0.15) is 0 Å². The maximum absolute atomic E-state index is 13.8. The zero-order valence-corrected chi connectivity index (χ0v) is 19.9. The third-order valence-corrected chi connectivity index (χ3v) is 6.37. The van der Waals surface area contributed by atoms with Crippen molar-refractivity contribution in [3.05, 3.63) is 52.1 Å². The van der Waals surface area contributed by atoms with Crippen LogP contribution in [0, 0.1) is 19.7 Å². The molecular weight excluding hydrogens is 471 g/mol. The van der Waals surface area contributed by atoms with E-state index in [0.29, 0.717) is 54.5 Å². The van der Waals surface area contributed by atoms with Crippen LogP contribution in [0.3, 0.4) is 0 Å². The molecule has 1 aromatic carbocycles. The molecule has 10 nitrogen and oxygen atoms in total. The first-order chi connectivity index (χ1) is 17.2. The zero-order valence-electron chi connectivity index (χ0n) is 19.9. The van der Waals surface area contributed by atoms with Gasteiger partial charge in [-0.15, -0.1) is 0 Å². The number of fused-ring (bicyclic) bond motifs is 1. The van der Waals surface area contributed by atoms with E-state index in [2.05, 4.69) is 15.6 Å². The van der Waals surface area contributed by atoms with E-state index in [1.165, 1.54) is 24.3 Å². The number of benzene rings is 1. The van der Waals surface area contributed by atoms with E-state index in [-0.39, 0.29) is 29.9 Å². The fraction of sp³-hybridized carbons (Fsp3) is 0.360. The van der Waals surface area contributed by atoms with E-state index in [9.17, 15) is 28.7 Å². The number of nitrogens with zero attached hydrogens (tertiary/aromatic N) is 1. The van der Waals surface area contributed by atoms with Gasteiger partial charge in [0.05, 0.1) is 24.4 Å². The van der Waals surface area contributed by atoms with Gasteiger partial charge in [-0.1, -0.05) is 0 Å². The Morgan fingerprint density at radius 1 is 1.25 bits per heavy atom. The standard InChI is InChI=1S/C25H27FN4O6/c1-13-20(12-17-16-11-15(26)3-4-18(16)28-23(17)32)27-14(2)22(13)24(33)29-19(25(34)35)5-6-21(31)30-7-9-36-10-8-30/h3-4,11-12,19,27H,5-10H2,1-2H3,(H,28,32)(H,29,33)(H,34,35)/t19-/m1/s1. The molecule has 0 unspecified atom stereocenters. The number of halogens is 1. The first kappa shape index (κ1) is 25.1. The Morgan fingerprint density at radius 3 is 2.67 bits per heavy atom. The van der Waals surface area contributed by atoms with E-state index < -0.39 is 29.6 Å². The maximum atomic E-state index is 13.8. The number of aliphatic carboxylic acids is 1. The van der Waals surface area contributed by atoms with Gasteiger partial charge in [0.15, 0.2) is 0 Å². The van der Waals surface area contributed by atoms with E-state index in [1.54, 1.807) is 18.7 Å². The number of carboxylic acid groups (broad SMARTS) is 1. The smallest absolute Gasteiger partial charge is 0.326 e. The van der Waals surface area contributed by atoms with Crippen molar-refractivity contribution < 1.29 is 33.4 Å². The number of carbonyl (C=O) groups is 4. The van der Waals surface area contributed by atoms with Gasteiger partial charge in [0.25, 0.3) is 11.8 Å². The normalized spacial score (nSPS) is 17.0. The summed E-state index contributed by atoms with van der Waals surface area (Å²) in [4.78, 5) is 54.3. The van der Waals surface area contributed by atoms with Crippen LogP contribution >= 0.6 is 0 Å². The van der Waals surface area contributed by atoms with Crippen molar-refractivity contribution in [1.29, 1.82) is 0 Å². The summed E-state index contributed by atoms with van der Waals surface area (Å²) in [6.45, 7) is 5.12. The highest BCUT2D eigenvalue weighted by Crippen LogP contribution is 2.34. The molecule has 11 heteroatoms. The molecule has 4 rings (SSSR count). The fourth-order valence-electron chi connectivity index (χ4n) is 4.43. The van der Waals surface area contributed by atoms with Crippen molar-refractivity contribution >= 4 is 41.0 Å². The van der Waals surface area contributed by atoms with Gasteiger partial charge in [0, 0.05) is 42.1 Å². The lowest BCUT2D eigenvalue weighted by molar-refractivity contribution is -0.140. The van der Waals surface area contributed by atoms with Gasteiger partial charge in [-0.05, 0) is 50.1 Å². The number of aromatic nitrogens is 1. The van der Waals surface area contributed by atoms with Crippen molar-refractivity contribution in [2.45, 2.75) is 32.7 Å². The number of carbonyl (C=O) groups excluding carboxylic acids is 3. The Kier molecular flexibility index (Phi) is 7.20. The highest BCUT2D eigenvalue weighted by atomic mass is 19.1. The number of morpholine rings is 1. The van der Waals surface area contributed by atoms with Crippen LogP contribution in [0.2, 0.25) is 0 Å². The lowest BCUT2D eigenvalue weighted by atomic mass is 10.0. The van der Waals surface area contributed by atoms with Gasteiger partial charge in [-0.3, -0.25) is 14.4 Å². The molecule has 0 aliphatic carbocycles. The summed E-state index contributed by atoms with van der Waals surface area (Å²) in [6.07, 6.45) is 1.46. The second kappa shape index (κ2) is 10.3. The molecule has 3 amide bonds. The Labute approximate surface area is 206 Å². The van der Waals surface area contributed by atoms with Gasteiger partial charge >= 0.3 is 5.97 Å². The summed E-state index contributed by atoms with van der Waals surface area (Å²) in [7, 11) is 0. The van der Waals surface area contributed by atoms with Gasteiger partial charge in [0.1, 0.15) is 11.9 Å². The number of aryl methyl sites for hydroxylation is 1. The molecule has 2 aliphatic heterocycles. The minimum absolute atomic E-state index is 0.0230. The number of anilines is 1. The number of aromatic amines is 1. The summed E-state index contributed by atoms with van der Waals surface area (Å²) in [6, 6.07) is 2.73. The average Bonchev–Trinajstić information content (AvgIpc) is 3.31. The predicted octanol–water partition coefficient (Wildman–Crippen LogP) is 2.09. The first-order valence-electron chi connectivity index (χ1n) is 11.6. The Bertz CT molecular complexity index is 1260. The van der Waals surface area contributed by atoms with Crippen LogP contribution in [0.4, 0.5) is 10.1 Å². The summed E-state index contributed by atoms with van der Waals surface area (Å²) < 4.78 is 19.0. The molecule has 1 saturated heterocycles. The summed E-state index contributed by atoms with van der Waals surface area (Å²) in [5.74, 6) is -2.92. The molecule has 190 valence electrons. The molecule has 36 heavy (non-hydrogen) atoms. The third kappa shape index (κ3) is 5.15. The molecule has 0 radical (unpaired) electrons. The molecule has 1 aromatic heterocycles. The van der Waals surface area contributed by atoms with Crippen LogP contribution in [0.25, 0.3) is 11.6 Å². The molecule has 4 N–H and O–H groups in total. The maximum Gasteiger partial charge on any atom is 0.326 e. The van der Waals surface area contributed by atoms with Crippen LogP contribution in [0.1, 0.15) is 45.7 Å². The number of hydrogen-bond acceptors (Lipinski definition) is 5. The van der Waals surface area contributed by atoms with Crippen molar-refractivity contribution in [2.75, 3.05) is 31.6 Å². The van der Waals surface area contributed by atoms with Crippen molar-refractivity contribution in [3.8, 4) is 0 Å².